The lowest BCUT2D eigenvalue weighted by molar-refractivity contribution is -0.117. The number of halogens is 1. The predicted molar refractivity (Wildman–Crippen MR) is 66.4 cm³/mol. The summed E-state index contributed by atoms with van der Waals surface area (Å²) >= 11 is 0. The van der Waals surface area contributed by atoms with Crippen LogP contribution in [0.4, 0.5) is 10.1 Å². The fourth-order valence-corrected chi connectivity index (χ4v) is 1.70. The van der Waals surface area contributed by atoms with E-state index < -0.39 is 0 Å². The fourth-order valence-electron chi connectivity index (χ4n) is 1.70. The molecule has 1 aliphatic heterocycles. The zero-order chi connectivity index (χ0) is 13.0. The molecule has 0 bridgehead atoms. The second-order valence-electron chi connectivity index (χ2n) is 4.09. The van der Waals surface area contributed by atoms with E-state index in [1.165, 1.54) is 12.1 Å². The van der Waals surface area contributed by atoms with Gasteiger partial charge in [-0.1, -0.05) is 6.08 Å². The van der Waals surface area contributed by atoms with Crippen molar-refractivity contribution in [3.63, 3.8) is 0 Å². The van der Waals surface area contributed by atoms with Gasteiger partial charge >= 0.3 is 0 Å². The van der Waals surface area contributed by atoms with Crippen LogP contribution in [0, 0.1) is 12.7 Å². The summed E-state index contributed by atoms with van der Waals surface area (Å²) in [6.07, 6.45) is 2.37. The molecule has 5 heteroatoms. The SMILES string of the molecule is Cc1cc(F)ccc1NNC(=O)C1=CCOCC1. The van der Waals surface area contributed by atoms with Gasteiger partial charge in [0.2, 0.25) is 0 Å². The molecule has 2 rings (SSSR count). The van der Waals surface area contributed by atoms with Crippen molar-refractivity contribution in [1.29, 1.82) is 0 Å². The van der Waals surface area contributed by atoms with E-state index in [-0.39, 0.29) is 11.7 Å². The van der Waals surface area contributed by atoms with Crippen LogP contribution < -0.4 is 10.9 Å². The summed E-state index contributed by atoms with van der Waals surface area (Å²) in [6, 6.07) is 4.33. The first-order valence-electron chi connectivity index (χ1n) is 5.76. The number of anilines is 1. The van der Waals surface area contributed by atoms with Crippen molar-refractivity contribution in [2.75, 3.05) is 18.6 Å². The molecule has 2 N–H and O–H groups in total. The summed E-state index contributed by atoms with van der Waals surface area (Å²) in [5.74, 6) is -0.474. The zero-order valence-electron chi connectivity index (χ0n) is 10.1. The van der Waals surface area contributed by atoms with E-state index in [1.807, 2.05) is 0 Å². The molecule has 96 valence electrons. The van der Waals surface area contributed by atoms with E-state index in [0.717, 1.165) is 5.56 Å². The number of nitrogens with one attached hydrogen (secondary N) is 2. The Hall–Kier alpha value is -1.88. The molecule has 0 atom stereocenters. The van der Waals surface area contributed by atoms with Gasteiger partial charge < -0.3 is 4.74 Å². The predicted octanol–water partition coefficient (Wildman–Crippen LogP) is 1.92. The highest BCUT2D eigenvalue weighted by Crippen LogP contribution is 2.15. The van der Waals surface area contributed by atoms with E-state index in [4.69, 9.17) is 4.74 Å². The molecule has 0 saturated heterocycles. The van der Waals surface area contributed by atoms with Gasteiger partial charge in [0.25, 0.3) is 5.91 Å². The van der Waals surface area contributed by atoms with Gasteiger partial charge in [-0.05, 0) is 30.7 Å². The number of ether oxygens (including phenoxy) is 1. The number of carbonyl (C=O) groups is 1. The lowest BCUT2D eigenvalue weighted by Gasteiger charge is -2.15. The van der Waals surface area contributed by atoms with Crippen LogP contribution >= 0.6 is 0 Å². The molecule has 18 heavy (non-hydrogen) atoms. The molecule has 0 aromatic heterocycles. The molecule has 0 spiro atoms. The Morgan fingerprint density at radius 3 is 2.94 bits per heavy atom. The smallest absolute Gasteiger partial charge is 0.265 e. The molecule has 1 heterocycles. The van der Waals surface area contributed by atoms with Gasteiger partial charge in [-0.15, -0.1) is 0 Å². The number of amides is 1. The van der Waals surface area contributed by atoms with Gasteiger partial charge in [0.15, 0.2) is 0 Å². The molecule has 4 nitrogen and oxygen atoms in total. The Kier molecular flexibility index (Phi) is 3.94. The molecule has 1 aromatic rings. The number of hydrogen-bond acceptors (Lipinski definition) is 3. The van der Waals surface area contributed by atoms with Gasteiger partial charge in [0.05, 0.1) is 18.9 Å². The average molecular weight is 250 g/mol. The highest BCUT2D eigenvalue weighted by Gasteiger charge is 2.12. The maximum atomic E-state index is 12.9. The number of aryl methyl sites for hydroxylation is 1. The Labute approximate surface area is 105 Å². The highest BCUT2D eigenvalue weighted by molar-refractivity contribution is 5.94. The van der Waals surface area contributed by atoms with Crippen LogP contribution in [-0.2, 0) is 9.53 Å². The third-order valence-electron chi connectivity index (χ3n) is 2.75. The lowest BCUT2D eigenvalue weighted by Crippen LogP contribution is -2.32. The number of benzene rings is 1. The Balaban J connectivity index is 1.94. The van der Waals surface area contributed by atoms with Gasteiger partial charge in [-0.3, -0.25) is 15.6 Å². The number of hydrogen-bond donors (Lipinski definition) is 2. The first kappa shape index (κ1) is 12.6. The topological polar surface area (TPSA) is 50.4 Å². The summed E-state index contributed by atoms with van der Waals surface area (Å²) in [4.78, 5) is 11.8. The second kappa shape index (κ2) is 5.64. The molecule has 0 aliphatic carbocycles. The molecule has 0 radical (unpaired) electrons. The zero-order valence-corrected chi connectivity index (χ0v) is 10.1. The third-order valence-corrected chi connectivity index (χ3v) is 2.75. The van der Waals surface area contributed by atoms with E-state index in [9.17, 15) is 9.18 Å². The van der Waals surface area contributed by atoms with Gasteiger partial charge in [-0.2, -0.15) is 0 Å². The largest absolute Gasteiger partial charge is 0.377 e. The normalized spacial score (nSPS) is 14.9. The molecule has 1 aromatic carbocycles. The minimum atomic E-state index is -0.295. The monoisotopic (exact) mass is 250 g/mol. The van der Waals surface area contributed by atoms with Gasteiger partial charge in [0.1, 0.15) is 5.82 Å². The van der Waals surface area contributed by atoms with Crippen LogP contribution in [0.3, 0.4) is 0 Å². The van der Waals surface area contributed by atoms with Crippen LogP contribution in [0.25, 0.3) is 0 Å². The summed E-state index contributed by atoms with van der Waals surface area (Å²) in [5, 5.41) is 0. The maximum Gasteiger partial charge on any atom is 0.265 e. The molecule has 0 unspecified atom stereocenters. The molecular weight excluding hydrogens is 235 g/mol. The quantitative estimate of drug-likeness (QED) is 0.806. The number of carbonyl (C=O) groups excluding carboxylic acids is 1. The minimum Gasteiger partial charge on any atom is -0.377 e. The summed E-state index contributed by atoms with van der Waals surface area (Å²) in [5.41, 5.74) is 7.50. The van der Waals surface area contributed by atoms with Crippen molar-refractivity contribution >= 4 is 11.6 Å². The molecule has 1 amide bonds. The first-order chi connectivity index (χ1) is 8.66. The molecule has 0 saturated carbocycles. The number of hydrazine groups is 1. The van der Waals surface area contributed by atoms with Crippen LogP contribution in [0.5, 0.6) is 0 Å². The lowest BCUT2D eigenvalue weighted by atomic mass is 10.1. The fraction of sp³-hybridized carbons (Fsp3) is 0.308. The summed E-state index contributed by atoms with van der Waals surface area (Å²) in [7, 11) is 0. The van der Waals surface area contributed by atoms with Gasteiger partial charge in [0, 0.05) is 12.0 Å². The first-order valence-corrected chi connectivity index (χ1v) is 5.76. The third kappa shape index (κ3) is 3.07. The average Bonchev–Trinajstić information content (AvgIpc) is 2.38. The number of rotatable bonds is 3. The van der Waals surface area contributed by atoms with E-state index in [0.29, 0.717) is 30.9 Å². The van der Waals surface area contributed by atoms with Crippen molar-refractivity contribution in [1.82, 2.24) is 5.43 Å². The minimum absolute atomic E-state index is 0.179. The summed E-state index contributed by atoms with van der Waals surface area (Å²) in [6.45, 7) is 2.80. The van der Waals surface area contributed by atoms with Crippen LogP contribution in [0.15, 0.2) is 29.8 Å². The molecular formula is C13H15FN2O2. The van der Waals surface area contributed by atoms with Crippen LogP contribution in [0.1, 0.15) is 12.0 Å². The standard InChI is InChI=1S/C13H15FN2O2/c1-9-8-11(14)2-3-12(9)15-16-13(17)10-4-6-18-7-5-10/h2-4,8,15H,5-7H2,1H3,(H,16,17). The van der Waals surface area contributed by atoms with E-state index >= 15 is 0 Å². The Bertz CT molecular complexity index is 486. The Morgan fingerprint density at radius 1 is 1.44 bits per heavy atom. The molecule has 0 fully saturated rings. The van der Waals surface area contributed by atoms with Crippen molar-refractivity contribution in [3.8, 4) is 0 Å². The second-order valence-corrected chi connectivity index (χ2v) is 4.09. The van der Waals surface area contributed by atoms with E-state index in [2.05, 4.69) is 10.9 Å². The van der Waals surface area contributed by atoms with Crippen molar-refractivity contribution in [2.24, 2.45) is 0 Å². The van der Waals surface area contributed by atoms with Crippen molar-refractivity contribution in [2.45, 2.75) is 13.3 Å². The molecule has 1 aliphatic rings. The Morgan fingerprint density at radius 2 is 2.28 bits per heavy atom. The highest BCUT2D eigenvalue weighted by atomic mass is 19.1. The van der Waals surface area contributed by atoms with Crippen LogP contribution in [0.2, 0.25) is 0 Å². The summed E-state index contributed by atoms with van der Waals surface area (Å²) < 4.78 is 18.0. The van der Waals surface area contributed by atoms with Crippen molar-refractivity contribution < 1.29 is 13.9 Å². The maximum absolute atomic E-state index is 12.9. The van der Waals surface area contributed by atoms with E-state index in [1.54, 1.807) is 19.1 Å². The van der Waals surface area contributed by atoms with Crippen LogP contribution in [-0.4, -0.2) is 19.1 Å². The van der Waals surface area contributed by atoms with Crippen molar-refractivity contribution in [3.05, 3.63) is 41.2 Å². The van der Waals surface area contributed by atoms with Gasteiger partial charge in [-0.25, -0.2) is 4.39 Å².